The second-order valence-corrected chi connectivity index (χ2v) is 4.48. The first-order chi connectivity index (χ1) is 7.72. The van der Waals surface area contributed by atoms with Crippen LogP contribution in [0.3, 0.4) is 0 Å². The van der Waals surface area contributed by atoms with Crippen molar-refractivity contribution >= 4 is 22.4 Å². The summed E-state index contributed by atoms with van der Waals surface area (Å²) in [6.45, 7) is 1.42. The number of nitrogens with zero attached hydrogens (tertiary/aromatic N) is 3. The maximum absolute atomic E-state index is 11.2. The van der Waals surface area contributed by atoms with Gasteiger partial charge in [0.25, 0.3) is 0 Å². The van der Waals surface area contributed by atoms with Crippen LogP contribution in [0.1, 0.15) is 18.5 Å². The van der Waals surface area contributed by atoms with E-state index in [2.05, 4.69) is 15.0 Å². The molecule has 16 heavy (non-hydrogen) atoms. The van der Waals surface area contributed by atoms with Gasteiger partial charge in [0.1, 0.15) is 10.7 Å². The Morgan fingerprint density at radius 1 is 1.69 bits per heavy atom. The van der Waals surface area contributed by atoms with Gasteiger partial charge in [-0.2, -0.15) is 0 Å². The molecule has 1 aromatic rings. The summed E-state index contributed by atoms with van der Waals surface area (Å²) in [7, 11) is 0. The number of nitrogens with one attached hydrogen (secondary N) is 1. The van der Waals surface area contributed by atoms with E-state index in [0.717, 1.165) is 30.1 Å². The third-order valence-corrected chi connectivity index (χ3v) is 3.43. The minimum atomic E-state index is -0.275. The van der Waals surface area contributed by atoms with Crippen molar-refractivity contribution in [3.8, 4) is 0 Å². The fourth-order valence-corrected chi connectivity index (χ4v) is 2.44. The molecule has 8 heteroatoms. The zero-order valence-electron chi connectivity index (χ0n) is 8.72. The van der Waals surface area contributed by atoms with Gasteiger partial charge in [-0.3, -0.25) is 9.69 Å². The van der Waals surface area contributed by atoms with Gasteiger partial charge in [0.15, 0.2) is 0 Å². The molecule has 2 rings (SSSR count). The molecule has 1 atom stereocenters. The quantitative estimate of drug-likeness (QED) is 0.474. The Balaban J connectivity index is 2.06. The Morgan fingerprint density at radius 2 is 2.50 bits per heavy atom. The van der Waals surface area contributed by atoms with E-state index >= 15 is 0 Å². The van der Waals surface area contributed by atoms with E-state index in [-0.39, 0.29) is 11.9 Å². The van der Waals surface area contributed by atoms with Gasteiger partial charge in [-0.1, -0.05) is 4.49 Å². The van der Waals surface area contributed by atoms with Crippen LogP contribution < -0.4 is 17.0 Å². The second-order valence-electron chi connectivity index (χ2n) is 3.72. The summed E-state index contributed by atoms with van der Waals surface area (Å²) in [6.07, 6.45) is 1.80. The molecule has 1 aromatic heterocycles. The molecule has 0 spiro atoms. The van der Waals surface area contributed by atoms with E-state index in [0.29, 0.717) is 6.54 Å². The topological polar surface area (TPSA) is 110 Å². The molecule has 0 aliphatic carbocycles. The molecule has 0 bridgehead atoms. The number of carbonyl (C=O) groups is 1. The van der Waals surface area contributed by atoms with Gasteiger partial charge in [0, 0.05) is 18.1 Å². The van der Waals surface area contributed by atoms with Crippen LogP contribution in [-0.2, 0) is 11.3 Å². The molecule has 0 aromatic carbocycles. The number of carbonyl (C=O) groups excluding carboxylic acids is 1. The van der Waals surface area contributed by atoms with E-state index in [1.165, 1.54) is 11.5 Å². The molecule has 1 aliphatic heterocycles. The monoisotopic (exact) mass is 242 g/mol. The van der Waals surface area contributed by atoms with Crippen LogP contribution in [0.4, 0.5) is 5.00 Å². The van der Waals surface area contributed by atoms with Gasteiger partial charge in [0.05, 0.1) is 6.04 Å². The van der Waals surface area contributed by atoms with Crippen LogP contribution in [0.25, 0.3) is 0 Å². The first-order valence-corrected chi connectivity index (χ1v) is 5.81. The van der Waals surface area contributed by atoms with Crippen molar-refractivity contribution in [2.75, 3.05) is 12.0 Å². The SMILES string of the molecule is NNc1snnc1CN1CCCC1C(N)=O. The summed E-state index contributed by atoms with van der Waals surface area (Å²) in [5.74, 6) is 5.06. The summed E-state index contributed by atoms with van der Waals surface area (Å²) in [5.41, 5.74) is 8.64. The number of hydrogen-bond donors (Lipinski definition) is 3. The zero-order chi connectivity index (χ0) is 11.5. The molecule has 7 nitrogen and oxygen atoms in total. The Labute approximate surface area is 96.9 Å². The number of amides is 1. The van der Waals surface area contributed by atoms with Crippen molar-refractivity contribution in [2.24, 2.45) is 11.6 Å². The first-order valence-electron chi connectivity index (χ1n) is 5.03. The summed E-state index contributed by atoms with van der Waals surface area (Å²) in [5, 5.41) is 4.71. The maximum Gasteiger partial charge on any atom is 0.234 e. The van der Waals surface area contributed by atoms with Gasteiger partial charge in [-0.25, -0.2) is 5.84 Å². The van der Waals surface area contributed by atoms with E-state index in [1.807, 2.05) is 4.90 Å². The summed E-state index contributed by atoms with van der Waals surface area (Å²) in [4.78, 5) is 13.2. The third kappa shape index (κ3) is 2.13. The molecule has 88 valence electrons. The van der Waals surface area contributed by atoms with Gasteiger partial charge in [0.2, 0.25) is 5.91 Å². The molecule has 1 aliphatic rings. The fourth-order valence-electron chi connectivity index (χ4n) is 1.95. The van der Waals surface area contributed by atoms with Gasteiger partial charge in [-0.15, -0.1) is 5.10 Å². The molecule has 1 amide bonds. The highest BCUT2D eigenvalue weighted by Crippen LogP contribution is 2.23. The van der Waals surface area contributed by atoms with E-state index in [9.17, 15) is 4.79 Å². The molecule has 1 saturated heterocycles. The van der Waals surface area contributed by atoms with Crippen LogP contribution in [-0.4, -0.2) is 33.0 Å². The number of hydrazine groups is 1. The zero-order valence-corrected chi connectivity index (χ0v) is 9.54. The van der Waals surface area contributed by atoms with Crippen LogP contribution >= 0.6 is 11.5 Å². The van der Waals surface area contributed by atoms with Crippen molar-refractivity contribution in [3.05, 3.63) is 5.69 Å². The minimum absolute atomic E-state index is 0.188. The highest BCUT2D eigenvalue weighted by atomic mass is 32.1. The van der Waals surface area contributed by atoms with Crippen LogP contribution in [0.5, 0.6) is 0 Å². The van der Waals surface area contributed by atoms with Gasteiger partial charge in [-0.05, 0) is 19.4 Å². The van der Waals surface area contributed by atoms with E-state index in [1.54, 1.807) is 0 Å². The summed E-state index contributed by atoms with van der Waals surface area (Å²) in [6, 6.07) is -0.188. The Hall–Kier alpha value is -1.25. The molecular weight excluding hydrogens is 228 g/mol. The van der Waals surface area contributed by atoms with Crippen LogP contribution in [0.15, 0.2) is 0 Å². The number of primary amides is 1. The lowest BCUT2D eigenvalue weighted by molar-refractivity contribution is -0.122. The van der Waals surface area contributed by atoms with E-state index < -0.39 is 0 Å². The Kier molecular flexibility index (Phi) is 3.32. The first kappa shape index (κ1) is 11.2. The molecule has 1 fully saturated rings. The smallest absolute Gasteiger partial charge is 0.234 e. The molecule has 0 radical (unpaired) electrons. The number of nitrogen functional groups attached to an aromatic ring is 1. The standard InChI is InChI=1S/C8H14N6OS/c9-7(15)6-2-1-3-14(6)4-5-8(11-10)16-13-12-5/h6,11H,1-4,10H2,(H2,9,15). The van der Waals surface area contributed by atoms with Crippen molar-refractivity contribution in [3.63, 3.8) is 0 Å². The summed E-state index contributed by atoms with van der Waals surface area (Å²) < 4.78 is 3.81. The van der Waals surface area contributed by atoms with Crippen LogP contribution in [0.2, 0.25) is 0 Å². The number of aromatic nitrogens is 2. The number of likely N-dealkylation sites (tertiary alicyclic amines) is 1. The molecule has 1 unspecified atom stereocenters. The van der Waals surface area contributed by atoms with Crippen molar-refractivity contribution in [2.45, 2.75) is 25.4 Å². The Bertz CT molecular complexity index is 380. The average molecular weight is 242 g/mol. The number of anilines is 1. The lowest BCUT2D eigenvalue weighted by Crippen LogP contribution is -2.39. The normalized spacial score (nSPS) is 21.2. The van der Waals surface area contributed by atoms with Crippen molar-refractivity contribution in [1.29, 1.82) is 0 Å². The molecule has 5 N–H and O–H groups in total. The Morgan fingerprint density at radius 3 is 3.19 bits per heavy atom. The maximum atomic E-state index is 11.2. The highest BCUT2D eigenvalue weighted by molar-refractivity contribution is 7.10. The molecular formula is C8H14N6OS. The molecule has 2 heterocycles. The largest absolute Gasteiger partial charge is 0.368 e. The number of hydrogen-bond acceptors (Lipinski definition) is 7. The van der Waals surface area contributed by atoms with Crippen molar-refractivity contribution in [1.82, 2.24) is 14.5 Å². The number of rotatable bonds is 4. The van der Waals surface area contributed by atoms with Crippen molar-refractivity contribution < 1.29 is 4.79 Å². The van der Waals surface area contributed by atoms with Gasteiger partial charge >= 0.3 is 0 Å². The average Bonchev–Trinajstić information content (AvgIpc) is 2.86. The lowest BCUT2D eigenvalue weighted by Gasteiger charge is -2.20. The number of nitrogens with two attached hydrogens (primary N) is 2. The third-order valence-electron chi connectivity index (χ3n) is 2.73. The molecule has 0 saturated carbocycles. The predicted octanol–water partition coefficient (Wildman–Crippen LogP) is -0.727. The highest BCUT2D eigenvalue weighted by Gasteiger charge is 2.29. The van der Waals surface area contributed by atoms with Gasteiger partial charge < -0.3 is 11.2 Å². The minimum Gasteiger partial charge on any atom is -0.368 e. The fraction of sp³-hybridized carbons (Fsp3) is 0.625. The van der Waals surface area contributed by atoms with E-state index in [4.69, 9.17) is 11.6 Å². The summed E-state index contributed by atoms with van der Waals surface area (Å²) >= 11 is 1.20. The predicted molar refractivity (Wildman–Crippen MR) is 60.3 cm³/mol. The lowest BCUT2D eigenvalue weighted by atomic mass is 10.2. The second kappa shape index (κ2) is 4.73. The van der Waals surface area contributed by atoms with Crippen LogP contribution in [0, 0.1) is 0 Å².